The molecule has 2 aliphatic rings. The van der Waals surface area contributed by atoms with E-state index in [0.717, 1.165) is 12.8 Å². The van der Waals surface area contributed by atoms with Crippen molar-refractivity contribution < 1.29 is 0 Å². The summed E-state index contributed by atoms with van der Waals surface area (Å²) in [6.45, 7) is 4.90. The average Bonchev–Trinajstić information content (AvgIpc) is 2.96. The monoisotopic (exact) mass is 286 g/mol. The Balaban J connectivity index is 1.77. The van der Waals surface area contributed by atoms with Crippen LogP contribution in [0.2, 0.25) is 0 Å². The van der Waals surface area contributed by atoms with Gasteiger partial charge in [0.25, 0.3) is 0 Å². The first-order valence-corrected chi connectivity index (χ1v) is 8.17. The summed E-state index contributed by atoms with van der Waals surface area (Å²) in [5.74, 6) is 0. The van der Waals surface area contributed by atoms with Crippen LogP contribution in [-0.4, -0.2) is 0 Å². The second kappa shape index (κ2) is 4.71. The largest absolute Gasteiger partial charge is 0.0792 e. The Kier molecular flexibility index (Phi) is 2.91. The highest BCUT2D eigenvalue weighted by atomic mass is 14.6. The lowest BCUT2D eigenvalue weighted by Gasteiger charge is -2.40. The van der Waals surface area contributed by atoms with E-state index < -0.39 is 0 Å². The molecule has 0 radical (unpaired) electrons. The van der Waals surface area contributed by atoms with Crippen molar-refractivity contribution in [2.45, 2.75) is 26.7 Å². The van der Waals surface area contributed by atoms with Crippen LogP contribution in [0.15, 0.2) is 72.8 Å². The standard InChI is InChI=1S/C22H22/c1-21-15-13-20(18-11-7-4-8-12-18)22(21,2)16-14-19(21)17-9-5-3-6-10-17/h3-14H,15-16H2,1-2H3/t21-,22-/m0/s1. The van der Waals surface area contributed by atoms with Crippen LogP contribution in [0, 0.1) is 10.8 Å². The van der Waals surface area contributed by atoms with Crippen LogP contribution in [0.3, 0.4) is 0 Å². The molecular formula is C22H22. The fourth-order valence-electron chi connectivity index (χ4n) is 4.44. The van der Waals surface area contributed by atoms with E-state index in [-0.39, 0.29) is 10.8 Å². The van der Waals surface area contributed by atoms with Crippen molar-refractivity contribution in [2.24, 2.45) is 10.8 Å². The molecule has 0 saturated heterocycles. The van der Waals surface area contributed by atoms with E-state index in [1.165, 1.54) is 22.3 Å². The molecule has 0 aliphatic heterocycles. The Bertz CT molecular complexity index is 684. The second-order valence-corrected chi connectivity index (χ2v) is 7.04. The number of hydrogen-bond acceptors (Lipinski definition) is 0. The first kappa shape index (κ1) is 13.6. The van der Waals surface area contributed by atoms with Crippen LogP contribution < -0.4 is 0 Å². The summed E-state index contributed by atoms with van der Waals surface area (Å²) in [6.07, 6.45) is 7.22. The number of fused-ring (bicyclic) bond motifs is 1. The molecular weight excluding hydrogens is 264 g/mol. The van der Waals surface area contributed by atoms with Gasteiger partial charge in [-0.15, -0.1) is 0 Å². The predicted octanol–water partition coefficient (Wildman–Crippen LogP) is 5.97. The van der Waals surface area contributed by atoms with Gasteiger partial charge in [-0.1, -0.05) is 86.7 Å². The first-order valence-electron chi connectivity index (χ1n) is 8.17. The van der Waals surface area contributed by atoms with Crippen LogP contribution in [-0.2, 0) is 0 Å². The molecule has 2 aromatic carbocycles. The number of hydrogen-bond donors (Lipinski definition) is 0. The summed E-state index contributed by atoms with van der Waals surface area (Å²) in [6, 6.07) is 21.8. The highest BCUT2D eigenvalue weighted by Crippen LogP contribution is 2.67. The molecule has 2 aromatic rings. The summed E-state index contributed by atoms with van der Waals surface area (Å²) in [5.41, 5.74) is 6.24. The van der Waals surface area contributed by atoms with E-state index in [9.17, 15) is 0 Å². The van der Waals surface area contributed by atoms with Gasteiger partial charge in [0.1, 0.15) is 0 Å². The fourth-order valence-corrected chi connectivity index (χ4v) is 4.44. The van der Waals surface area contributed by atoms with Crippen LogP contribution in [0.5, 0.6) is 0 Å². The lowest BCUT2D eigenvalue weighted by atomic mass is 9.62. The van der Waals surface area contributed by atoms with Crippen molar-refractivity contribution in [3.63, 3.8) is 0 Å². The molecule has 0 amide bonds. The van der Waals surface area contributed by atoms with Gasteiger partial charge in [-0.05, 0) is 35.1 Å². The maximum atomic E-state index is 2.48. The van der Waals surface area contributed by atoms with Gasteiger partial charge >= 0.3 is 0 Å². The van der Waals surface area contributed by atoms with Crippen molar-refractivity contribution in [3.05, 3.63) is 83.9 Å². The Morgan fingerprint density at radius 1 is 0.591 bits per heavy atom. The molecule has 0 heteroatoms. The third kappa shape index (κ3) is 1.70. The lowest BCUT2D eigenvalue weighted by Crippen LogP contribution is -2.31. The molecule has 0 fully saturated rings. The molecule has 0 saturated carbocycles. The summed E-state index contributed by atoms with van der Waals surface area (Å²) in [4.78, 5) is 0. The Morgan fingerprint density at radius 3 is 1.32 bits per heavy atom. The molecule has 0 spiro atoms. The fraction of sp³-hybridized carbons (Fsp3) is 0.273. The Morgan fingerprint density at radius 2 is 0.955 bits per heavy atom. The smallest absolute Gasteiger partial charge is 0.00593 e. The number of rotatable bonds is 2. The molecule has 22 heavy (non-hydrogen) atoms. The van der Waals surface area contributed by atoms with Crippen molar-refractivity contribution >= 4 is 11.1 Å². The maximum absolute atomic E-state index is 2.48. The zero-order valence-electron chi connectivity index (χ0n) is 13.3. The molecule has 2 atom stereocenters. The van der Waals surface area contributed by atoms with Gasteiger partial charge in [0.05, 0.1) is 0 Å². The molecule has 0 bridgehead atoms. The molecule has 0 aromatic heterocycles. The van der Waals surface area contributed by atoms with Gasteiger partial charge in [0.2, 0.25) is 0 Å². The van der Waals surface area contributed by atoms with Crippen LogP contribution in [0.1, 0.15) is 37.8 Å². The maximum Gasteiger partial charge on any atom is 0.00593 e. The van der Waals surface area contributed by atoms with Gasteiger partial charge in [0, 0.05) is 10.8 Å². The number of allylic oxidation sites excluding steroid dienone is 4. The van der Waals surface area contributed by atoms with E-state index in [1.54, 1.807) is 0 Å². The van der Waals surface area contributed by atoms with Crippen LogP contribution in [0.4, 0.5) is 0 Å². The third-order valence-corrected chi connectivity index (χ3v) is 6.01. The van der Waals surface area contributed by atoms with Crippen molar-refractivity contribution in [3.8, 4) is 0 Å². The van der Waals surface area contributed by atoms with Gasteiger partial charge in [-0.2, -0.15) is 0 Å². The second-order valence-electron chi connectivity index (χ2n) is 7.04. The average molecular weight is 286 g/mol. The molecule has 110 valence electrons. The third-order valence-electron chi connectivity index (χ3n) is 6.01. The lowest BCUT2D eigenvalue weighted by molar-refractivity contribution is 0.252. The van der Waals surface area contributed by atoms with E-state index in [4.69, 9.17) is 0 Å². The van der Waals surface area contributed by atoms with E-state index in [0.29, 0.717) is 0 Å². The van der Waals surface area contributed by atoms with Crippen molar-refractivity contribution in [1.29, 1.82) is 0 Å². The topological polar surface area (TPSA) is 0 Å². The molecule has 0 unspecified atom stereocenters. The van der Waals surface area contributed by atoms with E-state index in [1.807, 2.05) is 0 Å². The summed E-state index contributed by atoms with van der Waals surface area (Å²) in [5, 5.41) is 0. The minimum Gasteiger partial charge on any atom is -0.0792 e. The highest BCUT2D eigenvalue weighted by molar-refractivity contribution is 5.84. The minimum absolute atomic E-state index is 0.208. The predicted molar refractivity (Wildman–Crippen MR) is 94.3 cm³/mol. The quantitative estimate of drug-likeness (QED) is 0.637. The molecule has 0 heterocycles. The SMILES string of the molecule is C[C@@]12CC=C(c3ccccc3)[C@]1(C)CC=C2c1ccccc1. The first-order chi connectivity index (χ1) is 10.7. The summed E-state index contributed by atoms with van der Waals surface area (Å²) >= 11 is 0. The summed E-state index contributed by atoms with van der Waals surface area (Å²) < 4.78 is 0. The summed E-state index contributed by atoms with van der Waals surface area (Å²) in [7, 11) is 0. The van der Waals surface area contributed by atoms with Crippen LogP contribution >= 0.6 is 0 Å². The Labute approximate surface area is 133 Å². The van der Waals surface area contributed by atoms with Gasteiger partial charge in [-0.25, -0.2) is 0 Å². The zero-order valence-corrected chi connectivity index (χ0v) is 13.3. The minimum atomic E-state index is 0.208. The number of benzene rings is 2. The van der Waals surface area contributed by atoms with Crippen molar-refractivity contribution in [1.82, 2.24) is 0 Å². The van der Waals surface area contributed by atoms with Gasteiger partial charge in [0.15, 0.2) is 0 Å². The van der Waals surface area contributed by atoms with E-state index in [2.05, 4.69) is 86.7 Å². The molecule has 0 nitrogen and oxygen atoms in total. The normalized spacial score (nSPS) is 29.9. The Hall–Kier alpha value is -2.08. The van der Waals surface area contributed by atoms with Crippen molar-refractivity contribution in [2.75, 3.05) is 0 Å². The zero-order chi connectivity index (χ0) is 15.2. The van der Waals surface area contributed by atoms with Gasteiger partial charge in [-0.3, -0.25) is 0 Å². The van der Waals surface area contributed by atoms with Crippen LogP contribution in [0.25, 0.3) is 11.1 Å². The molecule has 2 aliphatic carbocycles. The van der Waals surface area contributed by atoms with Gasteiger partial charge < -0.3 is 0 Å². The highest BCUT2D eigenvalue weighted by Gasteiger charge is 2.55. The molecule has 4 rings (SSSR count). The van der Waals surface area contributed by atoms with E-state index >= 15 is 0 Å². The molecule has 0 N–H and O–H groups in total.